The molecule has 1 aromatic heterocycles. The van der Waals surface area contributed by atoms with Crippen molar-refractivity contribution < 1.29 is 27.9 Å². The van der Waals surface area contributed by atoms with Crippen molar-refractivity contribution in [1.29, 1.82) is 0 Å². The number of aromatic nitrogens is 2. The number of hydrogen-bond donors (Lipinski definition) is 1. The van der Waals surface area contributed by atoms with Gasteiger partial charge in [0.2, 0.25) is 0 Å². The van der Waals surface area contributed by atoms with Gasteiger partial charge in [-0.25, -0.2) is 18.2 Å². The van der Waals surface area contributed by atoms with Crippen LogP contribution in [0.25, 0.3) is 11.3 Å². The Morgan fingerprint density at radius 3 is 2.35 bits per heavy atom. The van der Waals surface area contributed by atoms with Crippen LogP contribution in [0.2, 0.25) is 0 Å². The number of rotatable bonds is 8. The topological polar surface area (TPSA) is 122 Å². The first-order valence-corrected chi connectivity index (χ1v) is 18.0. The molecule has 11 heteroatoms. The third-order valence-corrected chi connectivity index (χ3v) is 10.8. The molecular weight excluding hydrogens is 604 g/mol. The Hall–Kier alpha value is -3.70. The average molecular weight is 651 g/mol. The van der Waals surface area contributed by atoms with Crippen LogP contribution in [0.4, 0.5) is 4.79 Å². The SMILES string of the molecule is CCS(=O)(=O)CC1(O)CCCCC1n1cnc(C(=O)N2CCN(C(=O)OC(C)(C)C)C[C@H]2Cc2ccccc2)c1-c1ccccc1. The molecule has 1 saturated heterocycles. The number of carbonyl (C=O) groups excluding carboxylic acids is 2. The number of ether oxygens (including phenoxy) is 1. The number of hydrogen-bond acceptors (Lipinski definition) is 7. The van der Waals surface area contributed by atoms with E-state index in [4.69, 9.17) is 4.74 Å². The van der Waals surface area contributed by atoms with E-state index in [-0.39, 0.29) is 29.1 Å². The van der Waals surface area contributed by atoms with E-state index in [1.807, 2.05) is 86.0 Å². The van der Waals surface area contributed by atoms with Gasteiger partial charge < -0.3 is 24.2 Å². The molecule has 3 atom stereocenters. The summed E-state index contributed by atoms with van der Waals surface area (Å²) in [5.74, 6) is -0.676. The second kappa shape index (κ2) is 13.6. The maximum Gasteiger partial charge on any atom is 0.410 e. The third-order valence-electron chi connectivity index (χ3n) is 8.96. The first kappa shape index (κ1) is 33.7. The number of benzene rings is 2. The average Bonchev–Trinajstić information content (AvgIpc) is 3.45. The number of amides is 2. The molecule has 2 heterocycles. The standard InChI is InChI=1S/C35H46N4O6S/c1-5-46(43,44)24-35(42)19-13-12-18-29(35)39-25-36-30(31(39)27-16-10-7-11-17-27)32(40)38-21-20-37(33(41)45-34(2,3)4)23-28(38)22-26-14-8-6-9-15-26/h6-11,14-17,25,28-29,42H,5,12-13,18-24H2,1-4H3/t28-,29?,35?/m1/s1. The van der Waals surface area contributed by atoms with Crippen LogP contribution in [0.15, 0.2) is 67.0 Å². The molecule has 248 valence electrons. The molecule has 3 aromatic rings. The summed E-state index contributed by atoms with van der Waals surface area (Å²) >= 11 is 0. The molecule has 0 bridgehead atoms. The molecule has 2 amide bonds. The highest BCUT2D eigenvalue weighted by Gasteiger charge is 2.45. The predicted octanol–water partition coefficient (Wildman–Crippen LogP) is 5.14. The largest absolute Gasteiger partial charge is 0.444 e. The molecule has 10 nitrogen and oxygen atoms in total. The first-order chi connectivity index (χ1) is 21.8. The van der Waals surface area contributed by atoms with Gasteiger partial charge in [-0.2, -0.15) is 0 Å². The summed E-state index contributed by atoms with van der Waals surface area (Å²) in [5.41, 5.74) is 0.440. The van der Waals surface area contributed by atoms with Crippen LogP contribution in [-0.2, 0) is 21.0 Å². The van der Waals surface area contributed by atoms with Crippen molar-refractivity contribution >= 4 is 21.8 Å². The highest BCUT2D eigenvalue weighted by molar-refractivity contribution is 7.91. The summed E-state index contributed by atoms with van der Waals surface area (Å²) in [6.45, 7) is 7.99. The maximum atomic E-state index is 14.6. The van der Waals surface area contributed by atoms with E-state index in [9.17, 15) is 23.1 Å². The quantitative estimate of drug-likeness (QED) is 0.359. The van der Waals surface area contributed by atoms with Crippen molar-refractivity contribution in [3.63, 3.8) is 0 Å². The Balaban J connectivity index is 1.53. The predicted molar refractivity (Wildman–Crippen MR) is 177 cm³/mol. The number of imidazole rings is 1. The zero-order chi connectivity index (χ0) is 33.1. The molecule has 2 unspecified atom stereocenters. The smallest absolute Gasteiger partial charge is 0.410 e. The van der Waals surface area contributed by atoms with Crippen molar-refractivity contribution in [3.05, 3.63) is 78.2 Å². The van der Waals surface area contributed by atoms with Crippen LogP contribution in [0.3, 0.4) is 0 Å². The Morgan fingerprint density at radius 1 is 1.02 bits per heavy atom. The molecule has 1 N–H and O–H groups in total. The van der Waals surface area contributed by atoms with Crippen LogP contribution < -0.4 is 0 Å². The molecule has 0 radical (unpaired) electrons. The summed E-state index contributed by atoms with van der Waals surface area (Å²) in [6, 6.07) is 18.4. The molecule has 1 aliphatic carbocycles. The molecule has 5 rings (SSSR count). The van der Waals surface area contributed by atoms with E-state index in [1.54, 1.807) is 23.1 Å². The lowest BCUT2D eigenvalue weighted by Gasteiger charge is -2.42. The minimum atomic E-state index is -3.48. The van der Waals surface area contributed by atoms with Gasteiger partial charge in [0.05, 0.1) is 35.5 Å². The molecule has 1 saturated carbocycles. The lowest BCUT2D eigenvalue weighted by Crippen LogP contribution is -2.58. The van der Waals surface area contributed by atoms with Gasteiger partial charge in [0.25, 0.3) is 5.91 Å². The summed E-state index contributed by atoms with van der Waals surface area (Å²) in [4.78, 5) is 35.8. The fourth-order valence-electron chi connectivity index (χ4n) is 6.70. The van der Waals surface area contributed by atoms with Gasteiger partial charge >= 0.3 is 6.09 Å². The van der Waals surface area contributed by atoms with Gasteiger partial charge in [0.1, 0.15) is 5.60 Å². The van der Waals surface area contributed by atoms with E-state index >= 15 is 0 Å². The molecular formula is C35H46N4O6S. The lowest BCUT2D eigenvalue weighted by molar-refractivity contribution is -0.0212. The summed E-state index contributed by atoms with van der Waals surface area (Å²) in [6.07, 6.45) is 4.15. The van der Waals surface area contributed by atoms with Crippen molar-refractivity contribution in [2.24, 2.45) is 0 Å². The Labute approximate surface area is 272 Å². The molecule has 2 aromatic carbocycles. The monoisotopic (exact) mass is 650 g/mol. The maximum absolute atomic E-state index is 14.6. The Morgan fingerprint density at radius 2 is 1.70 bits per heavy atom. The summed E-state index contributed by atoms with van der Waals surface area (Å²) in [7, 11) is -3.48. The van der Waals surface area contributed by atoms with E-state index in [1.165, 1.54) is 0 Å². The normalized spacial score (nSPS) is 22.5. The zero-order valence-electron chi connectivity index (χ0n) is 27.3. The van der Waals surface area contributed by atoms with Crippen molar-refractivity contribution in [2.45, 2.75) is 83.1 Å². The minimum Gasteiger partial charge on any atom is -0.444 e. The van der Waals surface area contributed by atoms with Crippen LogP contribution >= 0.6 is 0 Å². The van der Waals surface area contributed by atoms with Crippen LogP contribution in [0.5, 0.6) is 0 Å². The number of nitrogens with zero attached hydrogens (tertiary/aromatic N) is 4. The second-order valence-electron chi connectivity index (χ2n) is 13.5. The van der Waals surface area contributed by atoms with Crippen LogP contribution in [0.1, 0.15) is 75.5 Å². The number of piperazine rings is 1. The number of carbonyl (C=O) groups is 2. The van der Waals surface area contributed by atoms with E-state index in [0.29, 0.717) is 44.6 Å². The second-order valence-corrected chi connectivity index (χ2v) is 15.9. The van der Waals surface area contributed by atoms with E-state index < -0.39 is 33.2 Å². The highest BCUT2D eigenvalue weighted by atomic mass is 32.2. The van der Waals surface area contributed by atoms with Gasteiger partial charge in [0.15, 0.2) is 15.5 Å². The molecule has 1 aliphatic heterocycles. The van der Waals surface area contributed by atoms with Gasteiger partial charge in [-0.15, -0.1) is 0 Å². The van der Waals surface area contributed by atoms with Gasteiger partial charge in [-0.1, -0.05) is 80.4 Å². The molecule has 46 heavy (non-hydrogen) atoms. The van der Waals surface area contributed by atoms with Crippen LogP contribution in [-0.4, -0.2) is 93.3 Å². The fraction of sp³-hybridized carbons (Fsp3) is 0.514. The fourth-order valence-corrected chi connectivity index (χ4v) is 8.00. The zero-order valence-corrected chi connectivity index (χ0v) is 28.1. The van der Waals surface area contributed by atoms with Crippen LogP contribution in [0, 0.1) is 0 Å². The Kier molecular flexibility index (Phi) is 9.93. The van der Waals surface area contributed by atoms with Crippen molar-refractivity contribution in [1.82, 2.24) is 19.4 Å². The van der Waals surface area contributed by atoms with Gasteiger partial charge in [-0.3, -0.25) is 4.79 Å². The lowest BCUT2D eigenvalue weighted by atomic mass is 9.81. The number of sulfone groups is 1. The molecule has 2 aliphatic rings. The third kappa shape index (κ3) is 7.63. The minimum absolute atomic E-state index is 0.0562. The summed E-state index contributed by atoms with van der Waals surface area (Å²) < 4.78 is 33.1. The van der Waals surface area contributed by atoms with E-state index in [0.717, 1.165) is 24.0 Å². The molecule has 2 fully saturated rings. The van der Waals surface area contributed by atoms with Crippen molar-refractivity contribution in [3.8, 4) is 11.3 Å². The first-order valence-electron chi connectivity index (χ1n) is 16.2. The summed E-state index contributed by atoms with van der Waals surface area (Å²) in [5, 5.41) is 11.9. The van der Waals surface area contributed by atoms with Gasteiger partial charge in [-0.05, 0) is 45.6 Å². The van der Waals surface area contributed by atoms with E-state index in [2.05, 4.69) is 4.98 Å². The highest BCUT2D eigenvalue weighted by Crippen LogP contribution is 2.42. The molecule has 0 spiro atoms. The number of aliphatic hydroxyl groups is 1. The van der Waals surface area contributed by atoms with Gasteiger partial charge in [0, 0.05) is 31.0 Å². The van der Waals surface area contributed by atoms with Crippen molar-refractivity contribution in [2.75, 3.05) is 31.1 Å². The Bertz CT molecular complexity index is 1620.